The number of thiocarbonyl (C=S) groups is 3. The molecular formula is C3O6S3Sb2. The van der Waals surface area contributed by atoms with E-state index in [1.165, 1.54) is 0 Å². The molecule has 0 atom stereocenters. The van der Waals surface area contributed by atoms with Gasteiger partial charge in [-0.1, -0.05) is 0 Å². The molecule has 2 aliphatic heterocycles. The zero-order valence-electron chi connectivity index (χ0n) is 6.07. The summed E-state index contributed by atoms with van der Waals surface area (Å²) in [7, 11) is 0. The van der Waals surface area contributed by atoms with E-state index in [-0.39, 0.29) is 15.7 Å². The summed E-state index contributed by atoms with van der Waals surface area (Å²) in [5.41, 5.74) is 0. The maximum atomic E-state index is 5.00. The number of hydrogen-bond donors (Lipinski definition) is 0. The van der Waals surface area contributed by atoms with E-state index in [0.29, 0.717) is 0 Å². The van der Waals surface area contributed by atoms with Crippen molar-refractivity contribution in [1.82, 2.24) is 0 Å². The molecule has 2 fully saturated rings. The molecule has 0 N–H and O–H groups in total. The maximum absolute atomic E-state index is 5.00. The molecule has 6 nitrogen and oxygen atoms in total. The normalized spacial score (nSPS) is 20.3. The first-order valence-corrected chi connectivity index (χ1v) is 10.4. The quantitative estimate of drug-likeness (QED) is 0.407. The number of hydrogen-bond acceptors (Lipinski definition) is 9. The first kappa shape index (κ1) is 11.2. The Kier molecular flexibility index (Phi) is 3.76. The second kappa shape index (κ2) is 4.70. The summed E-state index contributed by atoms with van der Waals surface area (Å²) in [4.78, 5) is 0. The van der Waals surface area contributed by atoms with E-state index < -0.39 is 42.9 Å². The summed E-state index contributed by atoms with van der Waals surface area (Å²) >= 11 is 8.58. The standard InChI is InChI=1S/3CH2O2S.2Sb/c3*2-1(3)4;;/h3*(H2,2,3,4);;/q;;;2*+3/p-6. The molecule has 0 aromatic carbocycles. The van der Waals surface area contributed by atoms with Crippen LogP contribution in [0.3, 0.4) is 0 Å². The minimum absolute atomic E-state index is 0.0824. The number of rotatable bonds is 2. The SMILES string of the molecule is S=C1[O][Sb]([O]C(=S)[O][Sb]2[O]C(=S)[O]2)[O]1. The van der Waals surface area contributed by atoms with Crippen LogP contribution in [0, 0.1) is 0 Å². The van der Waals surface area contributed by atoms with Crippen LogP contribution in [-0.2, 0) is 18.1 Å². The first-order chi connectivity index (χ1) is 6.63. The van der Waals surface area contributed by atoms with Gasteiger partial charge >= 0.3 is 113 Å². The zero-order chi connectivity index (χ0) is 10.1. The topological polar surface area (TPSA) is 55.4 Å². The molecule has 0 aliphatic carbocycles. The van der Waals surface area contributed by atoms with Crippen molar-refractivity contribution in [3.05, 3.63) is 0 Å². The molecule has 2 aliphatic rings. The average molecular weight is 472 g/mol. The molecule has 2 rings (SSSR count). The fraction of sp³-hybridized carbons (Fsp3) is 0. The Morgan fingerprint density at radius 3 is 1.57 bits per heavy atom. The molecule has 2 heterocycles. The average Bonchev–Trinajstić information content (AvgIpc) is 1.98. The zero-order valence-corrected chi connectivity index (χ0v) is 13.6. The molecular weight excluding hydrogens is 472 g/mol. The second-order valence-corrected chi connectivity index (χ2v) is 8.42. The molecule has 0 radical (unpaired) electrons. The van der Waals surface area contributed by atoms with Crippen molar-refractivity contribution in [3.63, 3.8) is 0 Å². The monoisotopic (exact) mass is 470 g/mol. The van der Waals surface area contributed by atoms with Crippen LogP contribution >= 0.6 is 36.7 Å². The van der Waals surface area contributed by atoms with Gasteiger partial charge in [0, 0.05) is 0 Å². The van der Waals surface area contributed by atoms with Crippen molar-refractivity contribution in [3.8, 4) is 0 Å². The van der Waals surface area contributed by atoms with Gasteiger partial charge in [0.25, 0.3) is 0 Å². The van der Waals surface area contributed by atoms with Gasteiger partial charge in [0.2, 0.25) is 0 Å². The van der Waals surface area contributed by atoms with Crippen molar-refractivity contribution in [1.29, 1.82) is 0 Å². The molecule has 0 aromatic heterocycles. The Labute approximate surface area is 112 Å². The van der Waals surface area contributed by atoms with E-state index in [2.05, 4.69) is 24.4 Å². The summed E-state index contributed by atoms with van der Waals surface area (Å²) in [6, 6.07) is 0. The fourth-order valence-corrected chi connectivity index (χ4v) is 6.24. The van der Waals surface area contributed by atoms with E-state index >= 15 is 0 Å². The third kappa shape index (κ3) is 2.85. The minimum atomic E-state index is -2.61. The van der Waals surface area contributed by atoms with Crippen LogP contribution in [0.15, 0.2) is 0 Å². The van der Waals surface area contributed by atoms with Gasteiger partial charge < -0.3 is 0 Å². The Balaban J connectivity index is 1.64. The molecule has 0 unspecified atom stereocenters. The Morgan fingerprint density at radius 2 is 1.29 bits per heavy atom. The molecule has 0 amide bonds. The van der Waals surface area contributed by atoms with Gasteiger partial charge in [0.1, 0.15) is 0 Å². The Hall–Kier alpha value is 0.706. The van der Waals surface area contributed by atoms with Crippen LogP contribution in [0.5, 0.6) is 0 Å². The Morgan fingerprint density at radius 1 is 0.929 bits per heavy atom. The van der Waals surface area contributed by atoms with E-state index in [9.17, 15) is 0 Å². The third-order valence-electron chi connectivity index (χ3n) is 0.894. The van der Waals surface area contributed by atoms with Crippen LogP contribution in [0.2, 0.25) is 0 Å². The van der Waals surface area contributed by atoms with Crippen molar-refractivity contribution < 1.29 is 18.1 Å². The molecule has 11 heteroatoms. The first-order valence-electron chi connectivity index (χ1n) is 2.93. The van der Waals surface area contributed by atoms with Crippen molar-refractivity contribution in [2.24, 2.45) is 0 Å². The van der Waals surface area contributed by atoms with Gasteiger partial charge in [-0.05, 0) is 0 Å². The van der Waals surface area contributed by atoms with Crippen molar-refractivity contribution >= 4 is 95.3 Å². The van der Waals surface area contributed by atoms with E-state index in [1.807, 2.05) is 0 Å². The summed E-state index contributed by atoms with van der Waals surface area (Å²) in [6.07, 6.45) is 0. The van der Waals surface area contributed by atoms with Crippen LogP contribution in [0.4, 0.5) is 0 Å². The third-order valence-corrected chi connectivity index (χ3v) is 9.00. The van der Waals surface area contributed by atoms with Crippen LogP contribution in [-0.4, -0.2) is 58.7 Å². The molecule has 76 valence electrons. The summed E-state index contributed by atoms with van der Waals surface area (Å²) < 4.78 is 29.5. The van der Waals surface area contributed by atoms with Gasteiger partial charge in [0.15, 0.2) is 0 Å². The van der Waals surface area contributed by atoms with Gasteiger partial charge in [-0.25, -0.2) is 0 Å². The van der Waals surface area contributed by atoms with Crippen LogP contribution < -0.4 is 0 Å². The summed E-state index contributed by atoms with van der Waals surface area (Å²) in [5, 5.41) is 0.101. The predicted octanol–water partition coefficient (Wildman–Crippen LogP) is -0.0623. The summed E-state index contributed by atoms with van der Waals surface area (Å²) in [6.45, 7) is 0. The Bertz CT molecular complexity index is 265. The second-order valence-electron chi connectivity index (χ2n) is 1.74. The van der Waals surface area contributed by atoms with Crippen molar-refractivity contribution in [2.75, 3.05) is 0 Å². The fourth-order valence-electron chi connectivity index (χ4n) is 0.470. The van der Waals surface area contributed by atoms with Crippen molar-refractivity contribution in [2.45, 2.75) is 0 Å². The predicted molar refractivity (Wildman–Crippen MR) is 55.8 cm³/mol. The molecule has 14 heavy (non-hydrogen) atoms. The van der Waals surface area contributed by atoms with E-state index in [0.717, 1.165) is 0 Å². The van der Waals surface area contributed by atoms with Gasteiger partial charge in [-0.2, -0.15) is 0 Å². The van der Waals surface area contributed by atoms with Gasteiger partial charge in [-0.3, -0.25) is 0 Å². The molecule has 0 bridgehead atoms. The van der Waals surface area contributed by atoms with E-state index in [4.69, 9.17) is 30.3 Å². The molecule has 0 spiro atoms. The molecule has 0 aromatic rings. The van der Waals surface area contributed by atoms with Gasteiger partial charge in [0.05, 0.1) is 0 Å². The van der Waals surface area contributed by atoms with Crippen LogP contribution in [0.1, 0.15) is 0 Å². The molecule has 0 saturated carbocycles. The summed E-state index contributed by atoms with van der Waals surface area (Å²) in [5.74, 6) is 0. The molecule has 2 saturated heterocycles. The van der Waals surface area contributed by atoms with E-state index in [1.54, 1.807) is 0 Å². The van der Waals surface area contributed by atoms with Gasteiger partial charge in [-0.15, -0.1) is 0 Å². The van der Waals surface area contributed by atoms with Crippen LogP contribution in [0.25, 0.3) is 0 Å².